The number of rotatable bonds is 9. The molecular weight excluding hydrogens is 455 g/mol. The largest absolute Gasteiger partial charge is 0.461 e. The molecule has 3 aromatic rings. The zero-order valence-corrected chi connectivity index (χ0v) is 19.7. The van der Waals surface area contributed by atoms with Gasteiger partial charge in [0.1, 0.15) is 17.6 Å². The van der Waals surface area contributed by atoms with E-state index in [-0.39, 0.29) is 0 Å². The summed E-state index contributed by atoms with van der Waals surface area (Å²) in [5.74, 6) is -6.66. The molecule has 0 aromatic heterocycles. The number of ether oxygens (including phenoxy) is 1. The van der Waals surface area contributed by atoms with Crippen LogP contribution in [0.2, 0.25) is 0 Å². The molecule has 0 aliphatic heterocycles. The zero-order valence-electron chi connectivity index (χ0n) is 19.7. The first-order valence-electron chi connectivity index (χ1n) is 11.2. The number of ketones is 1. The Labute approximate surface area is 202 Å². The van der Waals surface area contributed by atoms with Crippen molar-refractivity contribution in [3.05, 3.63) is 107 Å². The molecule has 0 aliphatic carbocycles. The number of carbonyl (C=O) groups excluding carboxylic acids is 2. The highest BCUT2D eigenvalue weighted by atomic mass is 19.2. The van der Waals surface area contributed by atoms with Gasteiger partial charge in [-0.25, -0.2) is 18.0 Å². The first kappa shape index (κ1) is 25.9. The van der Waals surface area contributed by atoms with Gasteiger partial charge in [-0.1, -0.05) is 60.7 Å². The van der Waals surface area contributed by atoms with Gasteiger partial charge in [0.05, 0.1) is 17.7 Å². The molecule has 7 heteroatoms. The average molecular weight is 482 g/mol. The Bertz CT molecular complexity index is 1170. The quantitative estimate of drug-likeness (QED) is 0.213. The van der Waals surface area contributed by atoms with Crippen LogP contribution >= 0.6 is 0 Å². The second-order valence-corrected chi connectivity index (χ2v) is 8.37. The van der Waals surface area contributed by atoms with Crippen LogP contribution in [0.25, 0.3) is 0 Å². The zero-order chi connectivity index (χ0) is 25.5. The van der Waals surface area contributed by atoms with E-state index in [1.54, 1.807) is 13.8 Å². The first-order valence-corrected chi connectivity index (χ1v) is 11.2. The molecule has 35 heavy (non-hydrogen) atoms. The number of hydrogen-bond acceptors (Lipinski definition) is 4. The molecule has 3 aromatic carbocycles. The van der Waals surface area contributed by atoms with E-state index in [4.69, 9.17) is 4.74 Å². The summed E-state index contributed by atoms with van der Waals surface area (Å²) in [7, 11) is 0. The number of esters is 1. The normalized spacial score (nSPS) is 12.7. The van der Waals surface area contributed by atoms with Gasteiger partial charge in [-0.3, -0.25) is 9.79 Å². The van der Waals surface area contributed by atoms with E-state index < -0.39 is 59.3 Å². The van der Waals surface area contributed by atoms with Crippen LogP contribution in [0.4, 0.5) is 13.2 Å². The number of Topliss-reactive ketones (excluding diaryl/α,β-unsaturated/α-hetero) is 1. The summed E-state index contributed by atoms with van der Waals surface area (Å²) >= 11 is 0. The van der Waals surface area contributed by atoms with Crippen LogP contribution in [0.3, 0.4) is 0 Å². The Kier molecular flexibility index (Phi) is 8.58. The van der Waals surface area contributed by atoms with E-state index in [1.165, 1.54) is 0 Å². The third kappa shape index (κ3) is 6.44. The second kappa shape index (κ2) is 11.6. The minimum atomic E-state index is -1.46. The van der Waals surface area contributed by atoms with Gasteiger partial charge in [0.2, 0.25) is 0 Å². The van der Waals surface area contributed by atoms with Crippen LogP contribution in [0, 0.1) is 17.5 Å². The van der Waals surface area contributed by atoms with Crippen LogP contribution in [0.1, 0.15) is 49.8 Å². The minimum absolute atomic E-state index is 0.401. The molecule has 0 amide bonds. The molecule has 0 saturated heterocycles. The van der Waals surface area contributed by atoms with Crippen molar-refractivity contribution in [3.63, 3.8) is 0 Å². The Balaban J connectivity index is 2.15. The Morgan fingerprint density at radius 1 is 0.829 bits per heavy atom. The molecule has 0 spiro atoms. The van der Waals surface area contributed by atoms with Crippen molar-refractivity contribution < 1.29 is 27.5 Å². The number of benzene rings is 3. The smallest absolute Gasteiger partial charge is 0.331 e. The molecule has 4 nitrogen and oxygen atoms in total. The van der Waals surface area contributed by atoms with Gasteiger partial charge in [0.15, 0.2) is 11.6 Å². The number of nitrogens with zero attached hydrogens (tertiary/aromatic N) is 1. The van der Waals surface area contributed by atoms with E-state index in [9.17, 15) is 22.8 Å². The Morgan fingerprint density at radius 3 is 1.83 bits per heavy atom. The second-order valence-electron chi connectivity index (χ2n) is 8.37. The molecule has 2 atom stereocenters. The summed E-state index contributed by atoms with van der Waals surface area (Å²) < 4.78 is 48.5. The van der Waals surface area contributed by atoms with Crippen molar-refractivity contribution in [1.29, 1.82) is 0 Å². The van der Waals surface area contributed by atoms with Crippen molar-refractivity contribution in [2.24, 2.45) is 4.99 Å². The van der Waals surface area contributed by atoms with Crippen molar-refractivity contribution in [3.8, 4) is 0 Å². The number of halogens is 3. The lowest BCUT2D eigenvalue weighted by Crippen LogP contribution is -2.30. The molecular formula is C28H26F3NO3. The predicted molar refractivity (Wildman–Crippen MR) is 128 cm³/mol. The third-order valence-electron chi connectivity index (χ3n) is 5.38. The Hall–Kier alpha value is -3.74. The molecule has 0 bridgehead atoms. The number of aliphatic imine (C=N–C) groups is 1. The van der Waals surface area contributed by atoms with Crippen LogP contribution in [-0.2, 0) is 14.3 Å². The lowest BCUT2D eigenvalue weighted by atomic mass is 9.88. The molecule has 3 rings (SSSR count). The van der Waals surface area contributed by atoms with Gasteiger partial charge < -0.3 is 4.74 Å². The van der Waals surface area contributed by atoms with Crippen molar-refractivity contribution in [2.75, 3.05) is 0 Å². The summed E-state index contributed by atoms with van der Waals surface area (Å²) in [5, 5.41) is 0. The van der Waals surface area contributed by atoms with Gasteiger partial charge in [-0.15, -0.1) is 0 Å². The van der Waals surface area contributed by atoms with Gasteiger partial charge in [0, 0.05) is 16.7 Å². The standard InChI is InChI=1S/C28H26F3NO3/c1-17(2)35-28(34)24(16-21(18(3)33)25-22(29)14-15-23(30)26(25)31)32-27(19-10-6-4-7-11-19)20-12-8-5-9-13-20/h4-15,17,21,24H,16H2,1-3H3. The fourth-order valence-electron chi connectivity index (χ4n) is 3.75. The molecule has 0 aliphatic rings. The lowest BCUT2D eigenvalue weighted by molar-refractivity contribution is -0.149. The molecule has 0 fully saturated rings. The maximum absolute atomic E-state index is 14.6. The number of carbonyl (C=O) groups is 2. The maximum atomic E-state index is 14.6. The molecule has 2 unspecified atom stereocenters. The topological polar surface area (TPSA) is 55.7 Å². The minimum Gasteiger partial charge on any atom is -0.461 e. The van der Waals surface area contributed by atoms with Crippen LogP contribution in [0.5, 0.6) is 0 Å². The monoisotopic (exact) mass is 481 g/mol. The van der Waals surface area contributed by atoms with E-state index in [1.807, 2.05) is 60.7 Å². The lowest BCUT2D eigenvalue weighted by Gasteiger charge is -2.22. The van der Waals surface area contributed by atoms with E-state index >= 15 is 0 Å². The molecule has 182 valence electrons. The van der Waals surface area contributed by atoms with Crippen LogP contribution in [-0.4, -0.2) is 29.6 Å². The summed E-state index contributed by atoms with van der Waals surface area (Å²) in [5.41, 5.74) is 1.11. The molecule has 0 saturated carbocycles. The summed E-state index contributed by atoms with van der Waals surface area (Å²) in [6.07, 6.45) is -0.892. The molecule has 0 N–H and O–H groups in total. The highest BCUT2D eigenvalue weighted by Crippen LogP contribution is 2.31. The van der Waals surface area contributed by atoms with Crippen molar-refractivity contribution in [2.45, 2.75) is 45.3 Å². The predicted octanol–water partition coefficient (Wildman–Crippen LogP) is 6.02. The first-order chi connectivity index (χ1) is 16.7. The van der Waals surface area contributed by atoms with Gasteiger partial charge in [-0.05, 0) is 39.3 Å². The van der Waals surface area contributed by atoms with Crippen LogP contribution in [0.15, 0.2) is 77.8 Å². The van der Waals surface area contributed by atoms with Crippen molar-refractivity contribution >= 4 is 17.5 Å². The van der Waals surface area contributed by atoms with Gasteiger partial charge >= 0.3 is 5.97 Å². The maximum Gasteiger partial charge on any atom is 0.331 e. The molecule has 0 radical (unpaired) electrons. The highest BCUT2D eigenvalue weighted by molar-refractivity contribution is 6.13. The van der Waals surface area contributed by atoms with Gasteiger partial charge in [-0.2, -0.15) is 0 Å². The van der Waals surface area contributed by atoms with Gasteiger partial charge in [0.25, 0.3) is 0 Å². The van der Waals surface area contributed by atoms with E-state index in [0.29, 0.717) is 22.9 Å². The summed E-state index contributed by atoms with van der Waals surface area (Å²) in [6, 6.07) is 18.3. The fourth-order valence-corrected chi connectivity index (χ4v) is 3.75. The summed E-state index contributed by atoms with van der Waals surface area (Å²) in [6.45, 7) is 4.45. The van der Waals surface area contributed by atoms with Crippen molar-refractivity contribution in [1.82, 2.24) is 0 Å². The van der Waals surface area contributed by atoms with Crippen LogP contribution < -0.4 is 0 Å². The number of hydrogen-bond donors (Lipinski definition) is 0. The highest BCUT2D eigenvalue weighted by Gasteiger charge is 2.33. The van der Waals surface area contributed by atoms with E-state index in [0.717, 1.165) is 13.0 Å². The fraction of sp³-hybridized carbons (Fsp3) is 0.250. The third-order valence-corrected chi connectivity index (χ3v) is 5.38. The molecule has 0 heterocycles. The van der Waals surface area contributed by atoms with E-state index in [2.05, 4.69) is 4.99 Å². The summed E-state index contributed by atoms with van der Waals surface area (Å²) in [4.78, 5) is 30.2. The SMILES string of the molecule is CC(=O)C(CC(N=C(c1ccccc1)c1ccccc1)C(=O)OC(C)C)c1c(F)ccc(F)c1F. The average Bonchev–Trinajstić information content (AvgIpc) is 2.83. The Morgan fingerprint density at radius 2 is 1.34 bits per heavy atom.